The average Bonchev–Trinajstić information content (AvgIpc) is 2.75. The minimum Gasteiger partial charge on any atom is -0.467 e. The Labute approximate surface area is 197 Å². The Bertz CT molecular complexity index is 1390. The first-order valence-corrected chi connectivity index (χ1v) is 12.5. The van der Waals surface area contributed by atoms with Gasteiger partial charge in [0.15, 0.2) is 5.82 Å². The molecule has 10 heteroatoms. The van der Waals surface area contributed by atoms with E-state index in [-0.39, 0.29) is 24.1 Å². The molecule has 1 aliphatic rings. The maximum atomic E-state index is 13.5. The summed E-state index contributed by atoms with van der Waals surface area (Å²) in [6.07, 6.45) is 2.22. The Morgan fingerprint density at radius 1 is 1.27 bits per heavy atom. The molecule has 0 radical (unpaired) electrons. The van der Waals surface area contributed by atoms with E-state index >= 15 is 0 Å². The monoisotopic (exact) mass is 485 g/mol. The van der Waals surface area contributed by atoms with Crippen LogP contribution in [-0.4, -0.2) is 38.3 Å². The van der Waals surface area contributed by atoms with Crippen molar-refractivity contribution in [3.05, 3.63) is 63.8 Å². The van der Waals surface area contributed by atoms with Crippen molar-refractivity contribution in [3.63, 3.8) is 0 Å². The lowest BCUT2D eigenvalue weighted by atomic mass is 9.98. The largest absolute Gasteiger partial charge is 0.467 e. The van der Waals surface area contributed by atoms with E-state index in [4.69, 9.17) is 26.9 Å². The zero-order chi connectivity index (χ0) is 24.1. The summed E-state index contributed by atoms with van der Waals surface area (Å²) in [6, 6.07) is 8.57. The molecule has 33 heavy (non-hydrogen) atoms. The van der Waals surface area contributed by atoms with Crippen molar-refractivity contribution >= 4 is 33.1 Å². The van der Waals surface area contributed by atoms with Crippen molar-refractivity contribution in [3.8, 4) is 17.1 Å². The lowest BCUT2D eigenvalue weighted by Gasteiger charge is -2.25. The number of hydrogen-bond donors (Lipinski definition) is 2. The number of halogens is 1. The lowest BCUT2D eigenvalue weighted by molar-refractivity contribution is 0.0780. The second kappa shape index (κ2) is 8.31. The molecule has 1 amide bonds. The number of aromatic nitrogens is 2. The van der Waals surface area contributed by atoms with Crippen LogP contribution in [0.15, 0.2) is 41.4 Å². The molecular formula is C23H24ClN5O3S. The van der Waals surface area contributed by atoms with Gasteiger partial charge in [0, 0.05) is 41.4 Å². The highest BCUT2D eigenvalue weighted by atomic mass is 35.5. The van der Waals surface area contributed by atoms with E-state index in [9.17, 15) is 9.00 Å². The summed E-state index contributed by atoms with van der Waals surface area (Å²) < 4.78 is 26.4. The number of fused-ring (bicyclic) bond motifs is 5. The Kier molecular flexibility index (Phi) is 5.79. The van der Waals surface area contributed by atoms with Crippen molar-refractivity contribution in [1.82, 2.24) is 14.9 Å². The summed E-state index contributed by atoms with van der Waals surface area (Å²) >= 11 is 6.61. The molecular weight excluding hydrogens is 462 g/mol. The minimum absolute atomic E-state index is 0.0916. The maximum absolute atomic E-state index is 13.5. The Morgan fingerprint density at radius 2 is 2.00 bits per heavy atom. The predicted molar refractivity (Wildman–Crippen MR) is 128 cm³/mol. The van der Waals surface area contributed by atoms with Crippen LogP contribution < -0.4 is 10.5 Å². The molecule has 2 bridgehead atoms. The Balaban J connectivity index is 1.99. The van der Waals surface area contributed by atoms with Gasteiger partial charge in [0.2, 0.25) is 0 Å². The number of nitrogens with zero attached hydrogens (tertiary/aromatic N) is 3. The fraction of sp³-hybridized carbons (Fsp3) is 0.261. The van der Waals surface area contributed by atoms with E-state index in [0.717, 1.165) is 11.1 Å². The standard InChI is InChI=1S/C23H24ClN5O3S/c1-12-5-8-16-19(20(12)24)13(2)32-22-21(25)27-10-18(28-22)17-9-15(33(4,26)31)7-6-14(17)11-29(3)23(16)30/h5-10,13,26H,11H2,1-4H3,(H2,25,27)/t13-,33?/m1/s1. The number of nitrogen functional groups attached to an aromatic ring is 1. The molecule has 0 saturated carbocycles. The third kappa shape index (κ3) is 4.26. The van der Waals surface area contributed by atoms with Crippen molar-refractivity contribution < 1.29 is 13.7 Å². The van der Waals surface area contributed by atoms with E-state index in [1.54, 1.807) is 49.2 Å². The number of anilines is 1. The van der Waals surface area contributed by atoms with Crippen LogP contribution in [0.5, 0.6) is 5.88 Å². The molecule has 1 aromatic heterocycles. The molecule has 3 N–H and O–H groups in total. The number of nitrogens with two attached hydrogens (primary N) is 1. The highest BCUT2D eigenvalue weighted by Crippen LogP contribution is 2.36. The zero-order valence-electron chi connectivity index (χ0n) is 18.7. The number of carbonyl (C=O) groups is 1. The normalized spacial score (nSPS) is 17.7. The third-order valence-corrected chi connectivity index (χ3v) is 7.28. The van der Waals surface area contributed by atoms with Crippen LogP contribution >= 0.6 is 11.6 Å². The SMILES string of the molecule is Cc1ccc2c(c1Cl)[C@@H](C)Oc1nc(cnc1N)-c1cc(S(C)(=N)=O)ccc1CN(C)C2=O. The number of hydrogen-bond acceptors (Lipinski definition) is 7. The number of nitrogens with one attached hydrogen (secondary N) is 1. The molecule has 2 atom stereocenters. The van der Waals surface area contributed by atoms with E-state index in [1.807, 2.05) is 6.92 Å². The van der Waals surface area contributed by atoms with Gasteiger partial charge in [-0.1, -0.05) is 23.7 Å². The van der Waals surface area contributed by atoms with E-state index in [2.05, 4.69) is 9.97 Å². The minimum atomic E-state index is -2.97. The molecule has 0 fully saturated rings. The summed E-state index contributed by atoms with van der Waals surface area (Å²) in [6.45, 7) is 3.88. The molecule has 2 aromatic carbocycles. The molecule has 8 nitrogen and oxygen atoms in total. The van der Waals surface area contributed by atoms with Crippen LogP contribution in [0.1, 0.15) is 40.1 Å². The summed E-state index contributed by atoms with van der Waals surface area (Å²) in [5, 5.41) is 0.444. The molecule has 0 spiro atoms. The van der Waals surface area contributed by atoms with Gasteiger partial charge in [-0.25, -0.2) is 19.0 Å². The summed E-state index contributed by atoms with van der Waals surface area (Å²) in [7, 11) is -1.27. The van der Waals surface area contributed by atoms with Crippen molar-refractivity contribution in [2.75, 3.05) is 19.0 Å². The van der Waals surface area contributed by atoms with Crippen LogP contribution in [-0.2, 0) is 16.3 Å². The molecule has 172 valence electrons. The fourth-order valence-corrected chi connectivity index (χ4v) is 4.81. The number of aryl methyl sites for hydroxylation is 1. The third-order valence-electron chi connectivity index (χ3n) is 5.63. The van der Waals surface area contributed by atoms with E-state index in [0.29, 0.717) is 32.3 Å². The average molecular weight is 486 g/mol. The number of ether oxygens (including phenoxy) is 1. The van der Waals surface area contributed by atoms with Gasteiger partial charge in [-0.15, -0.1) is 0 Å². The second-order valence-electron chi connectivity index (χ2n) is 8.19. The van der Waals surface area contributed by atoms with Gasteiger partial charge in [-0.05, 0) is 43.2 Å². The van der Waals surface area contributed by atoms with Crippen LogP contribution in [0.3, 0.4) is 0 Å². The molecule has 3 aromatic rings. The molecule has 0 aliphatic carbocycles. The summed E-state index contributed by atoms with van der Waals surface area (Å²) in [5.74, 6) is -0.0290. The van der Waals surface area contributed by atoms with Crippen LogP contribution in [0.4, 0.5) is 5.82 Å². The maximum Gasteiger partial charge on any atom is 0.258 e. The van der Waals surface area contributed by atoms with Gasteiger partial charge in [0.1, 0.15) is 6.10 Å². The number of benzene rings is 2. The summed E-state index contributed by atoms with van der Waals surface area (Å²) in [5.41, 5.74) is 9.62. The van der Waals surface area contributed by atoms with Crippen LogP contribution in [0, 0.1) is 11.7 Å². The first kappa shape index (κ1) is 23.0. The number of rotatable bonds is 1. The Hall–Kier alpha value is -3.17. The van der Waals surface area contributed by atoms with E-state index < -0.39 is 15.8 Å². The molecule has 2 heterocycles. The molecule has 1 unspecified atom stereocenters. The van der Waals surface area contributed by atoms with Gasteiger partial charge in [0.25, 0.3) is 11.8 Å². The van der Waals surface area contributed by atoms with Gasteiger partial charge < -0.3 is 15.4 Å². The van der Waals surface area contributed by atoms with Crippen molar-refractivity contribution in [1.29, 1.82) is 4.78 Å². The fourth-order valence-electron chi connectivity index (χ4n) is 3.82. The van der Waals surface area contributed by atoms with Crippen molar-refractivity contribution in [2.45, 2.75) is 31.4 Å². The van der Waals surface area contributed by atoms with Gasteiger partial charge >= 0.3 is 0 Å². The van der Waals surface area contributed by atoms with Gasteiger partial charge in [0.05, 0.1) is 26.6 Å². The highest BCUT2D eigenvalue weighted by molar-refractivity contribution is 7.91. The Morgan fingerprint density at radius 3 is 2.70 bits per heavy atom. The molecule has 4 rings (SSSR count). The van der Waals surface area contributed by atoms with Crippen LogP contribution in [0.25, 0.3) is 11.3 Å². The van der Waals surface area contributed by atoms with Gasteiger partial charge in [-0.3, -0.25) is 4.79 Å². The first-order valence-electron chi connectivity index (χ1n) is 10.2. The first-order chi connectivity index (χ1) is 15.5. The molecule has 1 aliphatic heterocycles. The summed E-state index contributed by atoms with van der Waals surface area (Å²) in [4.78, 5) is 24.2. The highest BCUT2D eigenvalue weighted by Gasteiger charge is 2.27. The zero-order valence-corrected chi connectivity index (χ0v) is 20.3. The second-order valence-corrected chi connectivity index (χ2v) is 10.7. The van der Waals surface area contributed by atoms with Gasteiger partial charge in [-0.2, -0.15) is 0 Å². The topological polar surface area (TPSA) is 122 Å². The van der Waals surface area contributed by atoms with Crippen molar-refractivity contribution in [2.24, 2.45) is 0 Å². The van der Waals surface area contributed by atoms with E-state index in [1.165, 1.54) is 12.5 Å². The molecule has 0 saturated heterocycles. The predicted octanol–water partition coefficient (Wildman–Crippen LogP) is 4.45. The smallest absolute Gasteiger partial charge is 0.258 e. The van der Waals surface area contributed by atoms with Crippen LogP contribution in [0.2, 0.25) is 5.02 Å². The number of amides is 1. The quantitative estimate of drug-likeness (QED) is 0.525. The number of carbonyl (C=O) groups excluding carboxylic acids is 1. The lowest BCUT2D eigenvalue weighted by Crippen LogP contribution is -2.28.